The van der Waals surface area contributed by atoms with Gasteiger partial charge in [0.1, 0.15) is 0 Å². The first-order chi connectivity index (χ1) is 9.20. The molecule has 1 amide bonds. The van der Waals surface area contributed by atoms with Crippen LogP contribution in [0.2, 0.25) is 0 Å². The summed E-state index contributed by atoms with van der Waals surface area (Å²) in [5, 5.41) is 5.68. The van der Waals surface area contributed by atoms with Crippen LogP contribution < -0.4 is 5.32 Å². The summed E-state index contributed by atoms with van der Waals surface area (Å²) >= 11 is 3.25. The molecule has 19 heavy (non-hydrogen) atoms. The van der Waals surface area contributed by atoms with Gasteiger partial charge in [0.15, 0.2) is 5.13 Å². The molecule has 0 aromatic carbocycles. The number of carbonyl (C=O) groups is 1. The smallest absolute Gasteiger partial charge is 0.231 e. The SMILES string of the molecule is C[C@H]1CCc2nc(NC(=O)Cc3cccs3)sc2C1. The summed E-state index contributed by atoms with van der Waals surface area (Å²) in [6.45, 7) is 2.28. The molecule has 1 aliphatic carbocycles. The van der Waals surface area contributed by atoms with E-state index in [4.69, 9.17) is 0 Å². The van der Waals surface area contributed by atoms with Gasteiger partial charge in [-0.1, -0.05) is 13.0 Å². The normalized spacial score (nSPS) is 18.1. The molecular weight excluding hydrogens is 276 g/mol. The van der Waals surface area contributed by atoms with Gasteiger partial charge in [-0.25, -0.2) is 4.98 Å². The third-order valence-corrected chi connectivity index (χ3v) is 5.26. The molecular formula is C14H16N2OS2. The van der Waals surface area contributed by atoms with E-state index in [1.807, 2.05) is 17.5 Å². The highest BCUT2D eigenvalue weighted by Crippen LogP contribution is 2.32. The van der Waals surface area contributed by atoms with E-state index >= 15 is 0 Å². The van der Waals surface area contributed by atoms with E-state index in [0.29, 0.717) is 6.42 Å². The second-order valence-electron chi connectivity index (χ2n) is 5.04. The second kappa shape index (κ2) is 5.43. The summed E-state index contributed by atoms with van der Waals surface area (Å²) in [7, 11) is 0. The molecule has 2 heterocycles. The maximum Gasteiger partial charge on any atom is 0.231 e. The van der Waals surface area contributed by atoms with Crippen molar-refractivity contribution in [3.63, 3.8) is 0 Å². The van der Waals surface area contributed by atoms with Crippen molar-refractivity contribution < 1.29 is 4.79 Å². The third kappa shape index (κ3) is 3.04. The molecule has 0 radical (unpaired) electrons. The Morgan fingerprint density at radius 2 is 2.47 bits per heavy atom. The summed E-state index contributed by atoms with van der Waals surface area (Å²) in [6.07, 6.45) is 3.80. The maximum atomic E-state index is 11.9. The van der Waals surface area contributed by atoms with Crippen molar-refractivity contribution in [2.24, 2.45) is 5.92 Å². The Morgan fingerprint density at radius 3 is 3.26 bits per heavy atom. The van der Waals surface area contributed by atoms with Crippen molar-refractivity contribution in [1.29, 1.82) is 0 Å². The number of hydrogen-bond acceptors (Lipinski definition) is 4. The molecule has 3 rings (SSSR count). The summed E-state index contributed by atoms with van der Waals surface area (Å²) in [4.78, 5) is 18.9. The fourth-order valence-electron chi connectivity index (χ4n) is 2.33. The fourth-order valence-corrected chi connectivity index (χ4v) is 4.22. The fraction of sp³-hybridized carbons (Fsp3) is 0.429. The van der Waals surface area contributed by atoms with E-state index in [0.717, 1.165) is 28.8 Å². The Hall–Kier alpha value is -1.20. The van der Waals surface area contributed by atoms with E-state index in [-0.39, 0.29) is 5.91 Å². The van der Waals surface area contributed by atoms with Crippen molar-refractivity contribution in [1.82, 2.24) is 4.98 Å². The zero-order valence-corrected chi connectivity index (χ0v) is 12.4. The lowest BCUT2D eigenvalue weighted by atomic mass is 9.93. The summed E-state index contributed by atoms with van der Waals surface area (Å²) in [5.41, 5.74) is 1.19. The number of hydrogen-bond donors (Lipinski definition) is 1. The first-order valence-corrected chi connectivity index (χ1v) is 8.21. The van der Waals surface area contributed by atoms with Gasteiger partial charge in [0.2, 0.25) is 5.91 Å². The highest BCUT2D eigenvalue weighted by molar-refractivity contribution is 7.15. The number of thiophene rings is 1. The van der Waals surface area contributed by atoms with Gasteiger partial charge in [-0.15, -0.1) is 22.7 Å². The topological polar surface area (TPSA) is 42.0 Å². The molecule has 1 aliphatic rings. The van der Waals surface area contributed by atoms with Gasteiger partial charge in [-0.05, 0) is 36.6 Å². The number of nitrogens with zero attached hydrogens (tertiary/aromatic N) is 1. The van der Waals surface area contributed by atoms with Crippen LogP contribution in [0.3, 0.4) is 0 Å². The molecule has 2 aromatic rings. The molecule has 5 heteroatoms. The first-order valence-electron chi connectivity index (χ1n) is 6.51. The molecule has 3 nitrogen and oxygen atoms in total. The van der Waals surface area contributed by atoms with Gasteiger partial charge >= 0.3 is 0 Å². The zero-order valence-electron chi connectivity index (χ0n) is 10.8. The van der Waals surface area contributed by atoms with Gasteiger partial charge in [0, 0.05) is 9.75 Å². The lowest BCUT2D eigenvalue weighted by molar-refractivity contribution is -0.115. The number of aryl methyl sites for hydroxylation is 1. The number of rotatable bonds is 3. The molecule has 0 bridgehead atoms. The van der Waals surface area contributed by atoms with Crippen molar-refractivity contribution in [3.8, 4) is 0 Å². The highest BCUT2D eigenvalue weighted by atomic mass is 32.1. The summed E-state index contributed by atoms with van der Waals surface area (Å²) < 4.78 is 0. The van der Waals surface area contributed by atoms with Crippen LogP contribution in [-0.2, 0) is 24.1 Å². The van der Waals surface area contributed by atoms with Gasteiger partial charge in [-0.2, -0.15) is 0 Å². The van der Waals surface area contributed by atoms with Crippen LogP contribution in [0.15, 0.2) is 17.5 Å². The third-order valence-electron chi connectivity index (χ3n) is 3.35. The molecule has 2 aromatic heterocycles. The number of thiazole rings is 1. The van der Waals surface area contributed by atoms with Gasteiger partial charge < -0.3 is 5.32 Å². The molecule has 0 aliphatic heterocycles. The predicted octanol–water partition coefficient (Wildman–Crippen LogP) is 3.51. The van der Waals surface area contributed by atoms with Crippen molar-refractivity contribution in [2.75, 3.05) is 5.32 Å². The van der Waals surface area contributed by atoms with Gasteiger partial charge in [0.25, 0.3) is 0 Å². The molecule has 0 unspecified atom stereocenters. The number of anilines is 1. The average molecular weight is 292 g/mol. The van der Waals surface area contributed by atoms with Crippen molar-refractivity contribution >= 4 is 33.7 Å². The van der Waals surface area contributed by atoms with Crippen LogP contribution in [0.25, 0.3) is 0 Å². The van der Waals surface area contributed by atoms with Crippen LogP contribution in [0.1, 0.15) is 28.8 Å². The molecule has 0 saturated carbocycles. The Kier molecular flexibility index (Phi) is 3.66. The Balaban J connectivity index is 1.65. The largest absolute Gasteiger partial charge is 0.302 e. The minimum absolute atomic E-state index is 0.0293. The number of aromatic nitrogens is 1. The highest BCUT2D eigenvalue weighted by Gasteiger charge is 2.20. The van der Waals surface area contributed by atoms with Crippen molar-refractivity contribution in [2.45, 2.75) is 32.6 Å². The molecule has 0 fully saturated rings. The predicted molar refractivity (Wildman–Crippen MR) is 80.0 cm³/mol. The number of fused-ring (bicyclic) bond motifs is 1. The zero-order chi connectivity index (χ0) is 13.2. The lowest BCUT2D eigenvalue weighted by Gasteiger charge is -2.15. The summed E-state index contributed by atoms with van der Waals surface area (Å²) in [5.74, 6) is 0.768. The minimum Gasteiger partial charge on any atom is -0.302 e. The molecule has 0 saturated heterocycles. The van der Waals surface area contributed by atoms with E-state index in [1.54, 1.807) is 22.7 Å². The Labute approximate surface area is 120 Å². The second-order valence-corrected chi connectivity index (χ2v) is 7.16. The van der Waals surface area contributed by atoms with Gasteiger partial charge in [-0.3, -0.25) is 4.79 Å². The Morgan fingerprint density at radius 1 is 1.58 bits per heavy atom. The number of carbonyl (C=O) groups excluding carboxylic acids is 1. The van der Waals surface area contributed by atoms with Gasteiger partial charge in [0.05, 0.1) is 12.1 Å². The molecule has 1 N–H and O–H groups in total. The number of amides is 1. The Bertz CT molecular complexity index is 574. The van der Waals surface area contributed by atoms with E-state index in [9.17, 15) is 4.79 Å². The van der Waals surface area contributed by atoms with Crippen LogP contribution in [0.4, 0.5) is 5.13 Å². The monoisotopic (exact) mass is 292 g/mol. The standard InChI is InChI=1S/C14H16N2OS2/c1-9-4-5-11-12(7-9)19-14(15-11)16-13(17)8-10-3-2-6-18-10/h2-3,6,9H,4-5,7-8H2,1H3,(H,15,16,17)/t9-/m0/s1. The minimum atomic E-state index is 0.0293. The van der Waals surface area contributed by atoms with Crippen molar-refractivity contribution in [3.05, 3.63) is 33.0 Å². The van der Waals surface area contributed by atoms with E-state index < -0.39 is 0 Å². The average Bonchev–Trinajstić information content (AvgIpc) is 2.97. The first kappa shape index (κ1) is 12.8. The number of nitrogens with one attached hydrogen (secondary N) is 1. The van der Waals surface area contributed by atoms with Crippen LogP contribution in [-0.4, -0.2) is 10.9 Å². The molecule has 100 valence electrons. The molecule has 1 atom stereocenters. The maximum absolute atomic E-state index is 11.9. The van der Waals surface area contributed by atoms with E-state index in [2.05, 4.69) is 17.2 Å². The lowest BCUT2D eigenvalue weighted by Crippen LogP contribution is -2.13. The summed E-state index contributed by atoms with van der Waals surface area (Å²) in [6, 6.07) is 3.95. The van der Waals surface area contributed by atoms with Crippen LogP contribution >= 0.6 is 22.7 Å². The van der Waals surface area contributed by atoms with Crippen LogP contribution in [0.5, 0.6) is 0 Å². The quantitative estimate of drug-likeness (QED) is 0.940. The van der Waals surface area contributed by atoms with Crippen LogP contribution in [0, 0.1) is 5.92 Å². The van der Waals surface area contributed by atoms with E-state index in [1.165, 1.54) is 17.0 Å². The molecule has 0 spiro atoms.